The summed E-state index contributed by atoms with van der Waals surface area (Å²) in [6, 6.07) is 7.92. The van der Waals surface area contributed by atoms with Crippen molar-refractivity contribution in [3.63, 3.8) is 0 Å². The first-order chi connectivity index (χ1) is 9.31. The molecule has 3 fully saturated rings. The van der Waals surface area contributed by atoms with Gasteiger partial charge in [0.05, 0.1) is 12.8 Å². The van der Waals surface area contributed by atoms with Gasteiger partial charge in [-0.1, -0.05) is 17.3 Å². The molecule has 0 aliphatic carbocycles. The minimum absolute atomic E-state index is 0.416. The van der Waals surface area contributed by atoms with Crippen LogP contribution in [0.3, 0.4) is 0 Å². The van der Waals surface area contributed by atoms with Crippen molar-refractivity contribution in [3.8, 4) is 5.75 Å². The standard InChI is InChI=1S/C15H18N2O2/c1-19-13-4-2-11(3-5-13)10-14-15(16-18)12-6-8-17(14)9-7-12/h2-5,10,12,18H,6-9H2,1H3/b14-10?,16-15-. The predicted octanol–water partition coefficient (Wildman–Crippen LogP) is 2.59. The number of benzene rings is 1. The van der Waals surface area contributed by atoms with E-state index in [0.29, 0.717) is 5.92 Å². The van der Waals surface area contributed by atoms with Gasteiger partial charge < -0.3 is 14.8 Å². The van der Waals surface area contributed by atoms with E-state index >= 15 is 0 Å². The lowest BCUT2D eigenvalue weighted by molar-refractivity contribution is 0.229. The number of allylic oxidation sites excluding steroid dienone is 1. The number of hydrogen-bond donors (Lipinski definition) is 1. The highest BCUT2D eigenvalue weighted by molar-refractivity contribution is 6.05. The summed E-state index contributed by atoms with van der Waals surface area (Å²) in [5, 5.41) is 12.8. The molecule has 0 aromatic heterocycles. The molecule has 4 nitrogen and oxygen atoms in total. The van der Waals surface area contributed by atoms with Crippen LogP contribution in [0.5, 0.6) is 5.75 Å². The molecule has 3 saturated heterocycles. The van der Waals surface area contributed by atoms with Crippen molar-refractivity contribution >= 4 is 11.8 Å². The zero-order valence-corrected chi connectivity index (χ0v) is 11.0. The van der Waals surface area contributed by atoms with E-state index in [1.165, 1.54) is 0 Å². The van der Waals surface area contributed by atoms with Crippen LogP contribution in [0.4, 0.5) is 0 Å². The van der Waals surface area contributed by atoms with Crippen molar-refractivity contribution in [3.05, 3.63) is 35.5 Å². The third-order valence-corrected chi connectivity index (χ3v) is 4.01. The molecule has 0 amide bonds. The first-order valence-corrected chi connectivity index (χ1v) is 6.65. The van der Waals surface area contributed by atoms with Crippen molar-refractivity contribution < 1.29 is 9.94 Å². The molecular formula is C15H18N2O2. The molecule has 1 aromatic carbocycles. The van der Waals surface area contributed by atoms with Crippen LogP contribution in [0, 0.1) is 5.92 Å². The van der Waals surface area contributed by atoms with Crippen molar-refractivity contribution in [2.75, 3.05) is 20.2 Å². The average Bonchev–Trinajstić information content (AvgIpc) is 2.49. The molecule has 4 heteroatoms. The second-order valence-corrected chi connectivity index (χ2v) is 5.05. The first-order valence-electron chi connectivity index (χ1n) is 6.65. The van der Waals surface area contributed by atoms with Crippen molar-refractivity contribution in [1.29, 1.82) is 0 Å². The average molecular weight is 258 g/mol. The topological polar surface area (TPSA) is 45.1 Å². The maximum atomic E-state index is 9.24. The summed E-state index contributed by atoms with van der Waals surface area (Å²) in [4.78, 5) is 2.30. The SMILES string of the molecule is COc1ccc(C=C2/C(=N\O)C3CCN2CC3)cc1. The summed E-state index contributed by atoms with van der Waals surface area (Å²) in [5.41, 5.74) is 3.01. The van der Waals surface area contributed by atoms with Gasteiger partial charge in [-0.25, -0.2) is 0 Å². The molecule has 1 N–H and O–H groups in total. The number of fused-ring (bicyclic) bond motifs is 3. The maximum absolute atomic E-state index is 9.24. The largest absolute Gasteiger partial charge is 0.497 e. The first kappa shape index (κ1) is 12.1. The number of piperidine rings is 3. The molecule has 2 bridgehead atoms. The molecule has 0 unspecified atom stereocenters. The van der Waals surface area contributed by atoms with Gasteiger partial charge in [-0.3, -0.25) is 0 Å². The molecule has 4 rings (SSSR count). The zero-order valence-electron chi connectivity index (χ0n) is 11.0. The highest BCUT2D eigenvalue weighted by atomic mass is 16.5. The van der Waals surface area contributed by atoms with Crippen molar-refractivity contribution in [1.82, 2.24) is 4.90 Å². The Hall–Kier alpha value is -1.97. The van der Waals surface area contributed by atoms with Gasteiger partial charge in [0, 0.05) is 19.0 Å². The van der Waals surface area contributed by atoms with E-state index < -0.39 is 0 Å². The van der Waals surface area contributed by atoms with Crippen LogP contribution in [0.15, 0.2) is 35.1 Å². The second-order valence-electron chi connectivity index (χ2n) is 5.05. The molecule has 100 valence electrons. The fourth-order valence-electron chi connectivity index (χ4n) is 2.92. The third kappa shape index (κ3) is 2.18. The maximum Gasteiger partial charge on any atom is 0.118 e. The van der Waals surface area contributed by atoms with Crippen molar-refractivity contribution in [2.45, 2.75) is 12.8 Å². The fourth-order valence-corrected chi connectivity index (χ4v) is 2.92. The van der Waals surface area contributed by atoms with Crippen LogP contribution < -0.4 is 4.74 Å². The normalized spacial score (nSPS) is 23.3. The van der Waals surface area contributed by atoms with Gasteiger partial charge in [0.15, 0.2) is 0 Å². The smallest absolute Gasteiger partial charge is 0.118 e. The van der Waals surface area contributed by atoms with E-state index in [2.05, 4.69) is 16.1 Å². The number of methoxy groups -OCH3 is 1. The molecular weight excluding hydrogens is 240 g/mol. The van der Waals surface area contributed by atoms with Gasteiger partial charge in [0.25, 0.3) is 0 Å². The van der Waals surface area contributed by atoms with E-state index in [1.54, 1.807) is 7.11 Å². The van der Waals surface area contributed by atoms with Crippen LogP contribution in [-0.2, 0) is 0 Å². The van der Waals surface area contributed by atoms with Gasteiger partial charge in [-0.05, 0) is 36.6 Å². The molecule has 3 aliphatic heterocycles. The van der Waals surface area contributed by atoms with Crippen LogP contribution in [-0.4, -0.2) is 36.0 Å². The summed E-state index contributed by atoms with van der Waals surface area (Å²) in [6.45, 7) is 2.12. The Labute approximate surface area is 113 Å². The molecule has 3 heterocycles. The summed E-state index contributed by atoms with van der Waals surface area (Å²) >= 11 is 0. The Morgan fingerprint density at radius 2 is 1.95 bits per heavy atom. The summed E-state index contributed by atoms with van der Waals surface area (Å²) in [6.07, 6.45) is 4.29. The Balaban J connectivity index is 1.92. The van der Waals surface area contributed by atoms with Crippen molar-refractivity contribution in [2.24, 2.45) is 11.1 Å². The highest BCUT2D eigenvalue weighted by Crippen LogP contribution is 2.33. The second kappa shape index (κ2) is 4.96. The lowest BCUT2D eigenvalue weighted by Crippen LogP contribution is -2.46. The lowest BCUT2D eigenvalue weighted by Gasteiger charge is -2.42. The predicted molar refractivity (Wildman–Crippen MR) is 74.5 cm³/mol. The van der Waals surface area contributed by atoms with Gasteiger partial charge in [0.2, 0.25) is 0 Å². The zero-order chi connectivity index (χ0) is 13.2. The summed E-state index contributed by atoms with van der Waals surface area (Å²) in [5.74, 6) is 1.27. The number of ether oxygens (including phenoxy) is 1. The third-order valence-electron chi connectivity index (χ3n) is 4.01. The van der Waals surface area contributed by atoms with Gasteiger partial charge in [-0.15, -0.1) is 0 Å². The lowest BCUT2D eigenvalue weighted by atomic mass is 9.83. The number of oxime groups is 1. The molecule has 0 radical (unpaired) electrons. The molecule has 0 atom stereocenters. The van der Waals surface area contributed by atoms with Crippen LogP contribution in [0.2, 0.25) is 0 Å². The number of rotatable bonds is 2. The van der Waals surface area contributed by atoms with E-state index in [1.807, 2.05) is 24.3 Å². The van der Waals surface area contributed by atoms with E-state index in [9.17, 15) is 5.21 Å². The van der Waals surface area contributed by atoms with Crippen LogP contribution >= 0.6 is 0 Å². The fraction of sp³-hybridized carbons (Fsp3) is 0.400. The minimum atomic E-state index is 0.416. The van der Waals surface area contributed by atoms with Gasteiger partial charge in [-0.2, -0.15) is 0 Å². The Morgan fingerprint density at radius 3 is 2.53 bits per heavy atom. The Morgan fingerprint density at radius 1 is 1.26 bits per heavy atom. The van der Waals surface area contributed by atoms with E-state index in [0.717, 1.165) is 48.7 Å². The number of hydrogen-bond acceptors (Lipinski definition) is 4. The molecule has 19 heavy (non-hydrogen) atoms. The number of nitrogens with zero attached hydrogens (tertiary/aromatic N) is 2. The Bertz CT molecular complexity index is 511. The minimum Gasteiger partial charge on any atom is -0.497 e. The molecule has 0 spiro atoms. The summed E-state index contributed by atoms with van der Waals surface area (Å²) < 4.78 is 5.16. The quantitative estimate of drug-likeness (QED) is 0.655. The van der Waals surface area contributed by atoms with Gasteiger partial charge in [0.1, 0.15) is 11.5 Å². The highest BCUT2D eigenvalue weighted by Gasteiger charge is 2.35. The molecule has 0 saturated carbocycles. The summed E-state index contributed by atoms with van der Waals surface area (Å²) in [7, 11) is 1.66. The van der Waals surface area contributed by atoms with Crippen LogP contribution in [0.1, 0.15) is 18.4 Å². The molecule has 1 aromatic rings. The van der Waals surface area contributed by atoms with Gasteiger partial charge >= 0.3 is 0 Å². The van der Waals surface area contributed by atoms with Crippen LogP contribution in [0.25, 0.3) is 6.08 Å². The van der Waals surface area contributed by atoms with E-state index in [4.69, 9.17) is 4.74 Å². The Kier molecular flexibility index (Phi) is 3.15. The van der Waals surface area contributed by atoms with E-state index in [-0.39, 0.29) is 0 Å². The monoisotopic (exact) mass is 258 g/mol. The molecule has 3 aliphatic rings.